The zero-order valence-corrected chi connectivity index (χ0v) is 7.93. The number of carbonyl (C=O) groups is 1. The van der Waals surface area contributed by atoms with Crippen molar-refractivity contribution in [3.05, 3.63) is 21.9 Å². The normalized spacial score (nSPS) is 21.1. The van der Waals surface area contributed by atoms with E-state index in [4.69, 9.17) is 5.11 Å². The van der Waals surface area contributed by atoms with Gasteiger partial charge in [0.1, 0.15) is 0 Å². The molecule has 0 aliphatic carbocycles. The summed E-state index contributed by atoms with van der Waals surface area (Å²) in [5.74, 6) is -0.737. The van der Waals surface area contributed by atoms with E-state index in [0.717, 1.165) is 13.0 Å². The molecule has 2 N–H and O–H groups in total. The number of nitrogens with one attached hydrogen (secondary N) is 1. The quantitative estimate of drug-likeness (QED) is 0.753. The fourth-order valence-electron chi connectivity index (χ4n) is 1.67. The van der Waals surface area contributed by atoms with Crippen LogP contribution in [0, 0.1) is 0 Å². The smallest absolute Gasteiger partial charge is 0.305 e. The Morgan fingerprint density at radius 1 is 1.77 bits per heavy atom. The molecule has 1 unspecified atom stereocenters. The summed E-state index contributed by atoms with van der Waals surface area (Å²) in [6, 6.07) is 2.12. The van der Waals surface area contributed by atoms with E-state index in [1.54, 1.807) is 11.3 Å². The van der Waals surface area contributed by atoms with Crippen molar-refractivity contribution in [2.24, 2.45) is 0 Å². The number of rotatable bonds is 2. The number of hydrogen-bond acceptors (Lipinski definition) is 3. The van der Waals surface area contributed by atoms with Crippen LogP contribution in [0.2, 0.25) is 0 Å². The Bertz CT molecular complexity index is 321. The van der Waals surface area contributed by atoms with Gasteiger partial charge in [0.05, 0.1) is 12.5 Å². The van der Waals surface area contributed by atoms with Gasteiger partial charge in [0.25, 0.3) is 0 Å². The minimum atomic E-state index is -0.737. The third-order valence-electron chi connectivity index (χ3n) is 2.26. The standard InChI is InChI=1S/C9H11NO2S/c11-8(12)5-7-9-6(1-3-10-7)2-4-13-9/h2,4,7,10H,1,3,5H2,(H,11,12). The zero-order chi connectivity index (χ0) is 9.26. The van der Waals surface area contributed by atoms with Crippen LogP contribution in [0.1, 0.15) is 22.9 Å². The summed E-state index contributed by atoms with van der Waals surface area (Å²) in [7, 11) is 0. The summed E-state index contributed by atoms with van der Waals surface area (Å²) in [5.41, 5.74) is 1.31. The predicted octanol–water partition coefficient (Wildman–Crippen LogP) is 1.41. The van der Waals surface area contributed by atoms with Gasteiger partial charge in [0.2, 0.25) is 0 Å². The van der Waals surface area contributed by atoms with Crippen molar-refractivity contribution in [1.29, 1.82) is 0 Å². The van der Waals surface area contributed by atoms with Gasteiger partial charge in [0, 0.05) is 4.88 Å². The van der Waals surface area contributed by atoms with E-state index in [0.29, 0.717) is 0 Å². The molecule has 1 aliphatic rings. The lowest BCUT2D eigenvalue weighted by Crippen LogP contribution is -2.30. The maximum atomic E-state index is 10.6. The average Bonchev–Trinajstić information content (AvgIpc) is 2.51. The summed E-state index contributed by atoms with van der Waals surface area (Å²) < 4.78 is 0. The van der Waals surface area contributed by atoms with Crippen molar-refractivity contribution < 1.29 is 9.90 Å². The molecule has 2 rings (SSSR count). The highest BCUT2D eigenvalue weighted by Gasteiger charge is 2.22. The molecule has 3 nitrogen and oxygen atoms in total. The van der Waals surface area contributed by atoms with Crippen molar-refractivity contribution in [3.63, 3.8) is 0 Å². The van der Waals surface area contributed by atoms with Gasteiger partial charge < -0.3 is 10.4 Å². The highest BCUT2D eigenvalue weighted by atomic mass is 32.1. The van der Waals surface area contributed by atoms with Gasteiger partial charge in [-0.3, -0.25) is 4.79 Å². The van der Waals surface area contributed by atoms with Crippen LogP contribution in [0.5, 0.6) is 0 Å². The molecule has 0 spiro atoms. The van der Waals surface area contributed by atoms with Crippen molar-refractivity contribution in [3.8, 4) is 0 Å². The Hall–Kier alpha value is -0.870. The molecule has 0 fully saturated rings. The molecule has 2 heterocycles. The summed E-state index contributed by atoms with van der Waals surface area (Å²) in [6.07, 6.45) is 1.21. The topological polar surface area (TPSA) is 49.3 Å². The van der Waals surface area contributed by atoms with Crippen molar-refractivity contribution in [2.75, 3.05) is 6.54 Å². The van der Waals surface area contributed by atoms with Crippen molar-refractivity contribution >= 4 is 17.3 Å². The summed E-state index contributed by atoms with van der Waals surface area (Å²) in [4.78, 5) is 11.8. The molecule has 70 valence electrons. The van der Waals surface area contributed by atoms with Crippen LogP contribution < -0.4 is 5.32 Å². The van der Waals surface area contributed by atoms with Crippen LogP contribution in [0.25, 0.3) is 0 Å². The highest BCUT2D eigenvalue weighted by Crippen LogP contribution is 2.29. The minimum Gasteiger partial charge on any atom is -0.481 e. The third kappa shape index (κ3) is 1.73. The second-order valence-corrected chi connectivity index (χ2v) is 4.11. The van der Waals surface area contributed by atoms with E-state index in [9.17, 15) is 4.79 Å². The number of fused-ring (bicyclic) bond motifs is 1. The first-order valence-electron chi connectivity index (χ1n) is 4.29. The highest BCUT2D eigenvalue weighted by molar-refractivity contribution is 7.10. The van der Waals surface area contributed by atoms with Crippen LogP contribution in [-0.4, -0.2) is 17.6 Å². The van der Waals surface area contributed by atoms with Gasteiger partial charge in [-0.1, -0.05) is 0 Å². The fourth-order valence-corrected chi connectivity index (χ4v) is 2.70. The molecular formula is C9H11NO2S. The maximum Gasteiger partial charge on any atom is 0.305 e. The van der Waals surface area contributed by atoms with Crippen LogP contribution in [0.15, 0.2) is 11.4 Å². The van der Waals surface area contributed by atoms with E-state index in [-0.39, 0.29) is 12.5 Å². The lowest BCUT2D eigenvalue weighted by molar-refractivity contribution is -0.137. The fraction of sp³-hybridized carbons (Fsp3) is 0.444. The number of carboxylic acids is 1. The molecule has 1 aromatic heterocycles. The number of hydrogen-bond donors (Lipinski definition) is 2. The minimum absolute atomic E-state index is 0.0289. The van der Waals surface area contributed by atoms with Crippen LogP contribution >= 0.6 is 11.3 Å². The van der Waals surface area contributed by atoms with Gasteiger partial charge in [-0.05, 0) is 30.0 Å². The molecule has 0 saturated carbocycles. The van der Waals surface area contributed by atoms with E-state index in [2.05, 4.69) is 11.4 Å². The lowest BCUT2D eigenvalue weighted by atomic mass is 10.0. The second kappa shape index (κ2) is 3.47. The summed E-state index contributed by atoms with van der Waals surface area (Å²) in [6.45, 7) is 0.891. The molecule has 0 aromatic carbocycles. The lowest BCUT2D eigenvalue weighted by Gasteiger charge is -2.22. The Labute approximate surface area is 80.4 Å². The van der Waals surface area contributed by atoms with Crippen LogP contribution in [-0.2, 0) is 11.2 Å². The first-order valence-corrected chi connectivity index (χ1v) is 5.17. The summed E-state index contributed by atoms with van der Waals surface area (Å²) in [5, 5.41) is 13.9. The Morgan fingerprint density at radius 2 is 2.62 bits per heavy atom. The molecule has 1 aromatic rings. The monoisotopic (exact) mass is 197 g/mol. The van der Waals surface area contributed by atoms with Crippen LogP contribution in [0.4, 0.5) is 0 Å². The largest absolute Gasteiger partial charge is 0.481 e. The zero-order valence-electron chi connectivity index (χ0n) is 7.12. The Balaban J connectivity index is 2.20. The SMILES string of the molecule is O=C(O)CC1NCCc2ccsc21. The van der Waals surface area contributed by atoms with Gasteiger partial charge in [-0.25, -0.2) is 0 Å². The number of aliphatic carboxylic acids is 1. The molecule has 1 atom stereocenters. The van der Waals surface area contributed by atoms with Gasteiger partial charge in [-0.2, -0.15) is 0 Å². The van der Waals surface area contributed by atoms with Crippen molar-refractivity contribution in [2.45, 2.75) is 18.9 Å². The maximum absolute atomic E-state index is 10.6. The van der Waals surface area contributed by atoms with E-state index in [1.165, 1.54) is 10.4 Å². The Morgan fingerprint density at radius 3 is 3.38 bits per heavy atom. The first kappa shape index (κ1) is 8.72. The molecule has 0 amide bonds. The van der Waals surface area contributed by atoms with Gasteiger partial charge in [0.15, 0.2) is 0 Å². The Kier molecular flexibility index (Phi) is 2.33. The molecule has 0 saturated heterocycles. The average molecular weight is 197 g/mol. The van der Waals surface area contributed by atoms with Gasteiger partial charge in [-0.15, -0.1) is 11.3 Å². The van der Waals surface area contributed by atoms with E-state index in [1.807, 2.05) is 5.38 Å². The van der Waals surface area contributed by atoms with E-state index < -0.39 is 5.97 Å². The van der Waals surface area contributed by atoms with Crippen LogP contribution in [0.3, 0.4) is 0 Å². The first-order chi connectivity index (χ1) is 6.27. The third-order valence-corrected chi connectivity index (χ3v) is 3.33. The van der Waals surface area contributed by atoms with E-state index >= 15 is 0 Å². The van der Waals surface area contributed by atoms with Crippen molar-refractivity contribution in [1.82, 2.24) is 5.32 Å². The molecule has 0 bridgehead atoms. The van der Waals surface area contributed by atoms with Gasteiger partial charge >= 0.3 is 5.97 Å². The molecular weight excluding hydrogens is 186 g/mol. The predicted molar refractivity (Wildman–Crippen MR) is 51.0 cm³/mol. The number of thiophene rings is 1. The second-order valence-electron chi connectivity index (χ2n) is 3.16. The number of carboxylic acid groups (broad SMARTS) is 1. The molecule has 0 radical (unpaired) electrons. The molecule has 13 heavy (non-hydrogen) atoms. The molecule has 4 heteroatoms. The summed E-state index contributed by atoms with van der Waals surface area (Å²) >= 11 is 1.65. The molecule has 1 aliphatic heterocycles.